The van der Waals surface area contributed by atoms with Crippen LogP contribution in [0.5, 0.6) is 0 Å². The first-order valence-corrected chi connectivity index (χ1v) is 8.02. The maximum absolute atomic E-state index is 3.59. The van der Waals surface area contributed by atoms with Gasteiger partial charge in [0, 0.05) is 5.54 Å². The van der Waals surface area contributed by atoms with Crippen molar-refractivity contribution in [2.75, 3.05) is 6.54 Å². The zero-order chi connectivity index (χ0) is 15.4. The number of hydrogen-bond donors (Lipinski definition) is 1. The van der Waals surface area contributed by atoms with E-state index in [0.29, 0.717) is 5.41 Å². The van der Waals surface area contributed by atoms with Crippen molar-refractivity contribution >= 4 is 0 Å². The maximum atomic E-state index is 3.59. The summed E-state index contributed by atoms with van der Waals surface area (Å²) < 4.78 is 0. The topological polar surface area (TPSA) is 12.0 Å². The first-order chi connectivity index (χ1) is 8.27. The molecule has 0 spiro atoms. The van der Waals surface area contributed by atoms with E-state index in [4.69, 9.17) is 0 Å². The highest BCUT2D eigenvalue weighted by Gasteiger charge is 2.36. The van der Waals surface area contributed by atoms with Crippen molar-refractivity contribution in [3.05, 3.63) is 0 Å². The summed E-state index contributed by atoms with van der Waals surface area (Å²) in [5, 5.41) is 3.59. The Morgan fingerprint density at radius 1 is 0.889 bits per heavy atom. The van der Waals surface area contributed by atoms with Gasteiger partial charge in [-0.15, -0.1) is 0 Å². The fraction of sp³-hybridized carbons (Fsp3) is 1.00. The van der Waals surface area contributed by atoms with E-state index in [1.807, 2.05) is 27.7 Å². The molecule has 0 aliphatic carbocycles. The van der Waals surface area contributed by atoms with Gasteiger partial charge in [0.1, 0.15) is 0 Å². The van der Waals surface area contributed by atoms with Gasteiger partial charge in [0.15, 0.2) is 0 Å². The molecule has 1 unspecified atom stereocenters. The third-order valence-electron chi connectivity index (χ3n) is 3.87. The zero-order valence-electron chi connectivity index (χ0n) is 15.2. The minimum absolute atomic E-state index is 0.227. The molecule has 114 valence electrons. The lowest BCUT2D eigenvalue weighted by atomic mass is 9.69. The molecule has 0 aliphatic rings. The van der Waals surface area contributed by atoms with Crippen LogP contribution in [0.4, 0.5) is 0 Å². The first kappa shape index (κ1) is 23.1. The van der Waals surface area contributed by atoms with E-state index in [-0.39, 0.29) is 5.54 Å². The fourth-order valence-corrected chi connectivity index (χ4v) is 1.95. The van der Waals surface area contributed by atoms with Crippen LogP contribution in [0, 0.1) is 11.3 Å². The van der Waals surface area contributed by atoms with Crippen LogP contribution < -0.4 is 5.32 Å². The third kappa shape index (κ3) is 8.97. The van der Waals surface area contributed by atoms with Gasteiger partial charge in [0.25, 0.3) is 0 Å². The van der Waals surface area contributed by atoms with Crippen LogP contribution in [-0.2, 0) is 0 Å². The standard InChI is InChI=1S/C13H29N.2C2H6/c1-8-11(3)10-12(4,5)13(6,7)14-9-2;2*1-2/h11,14H,8-10H2,1-7H3;2*1-2H3. The molecule has 0 saturated carbocycles. The first-order valence-electron chi connectivity index (χ1n) is 8.02. The Hall–Kier alpha value is -0.0400. The highest BCUT2D eigenvalue weighted by atomic mass is 15.0. The Morgan fingerprint density at radius 3 is 1.56 bits per heavy atom. The minimum Gasteiger partial charge on any atom is -0.312 e. The second-order valence-electron chi connectivity index (χ2n) is 5.76. The molecular formula is C17H41N. The van der Waals surface area contributed by atoms with Crippen LogP contribution in [0.15, 0.2) is 0 Å². The van der Waals surface area contributed by atoms with Gasteiger partial charge in [-0.3, -0.25) is 0 Å². The van der Waals surface area contributed by atoms with Crippen molar-refractivity contribution in [2.45, 2.75) is 94.5 Å². The molecule has 0 amide bonds. The summed E-state index contributed by atoms with van der Waals surface area (Å²) in [4.78, 5) is 0. The Balaban J connectivity index is -0.000000506. The van der Waals surface area contributed by atoms with Crippen molar-refractivity contribution in [3.8, 4) is 0 Å². The van der Waals surface area contributed by atoms with Gasteiger partial charge in [0.2, 0.25) is 0 Å². The van der Waals surface area contributed by atoms with Gasteiger partial charge in [0.05, 0.1) is 0 Å². The summed E-state index contributed by atoms with van der Waals surface area (Å²) in [5.41, 5.74) is 0.587. The SMILES string of the molecule is CC.CC.CCNC(C)(C)C(C)(C)CC(C)CC. The molecule has 0 heterocycles. The molecule has 1 atom stereocenters. The van der Waals surface area contributed by atoms with Crippen molar-refractivity contribution in [3.63, 3.8) is 0 Å². The molecule has 18 heavy (non-hydrogen) atoms. The van der Waals surface area contributed by atoms with Crippen LogP contribution >= 0.6 is 0 Å². The molecule has 0 rings (SSSR count). The van der Waals surface area contributed by atoms with E-state index in [1.54, 1.807) is 0 Å². The van der Waals surface area contributed by atoms with E-state index in [9.17, 15) is 0 Å². The average molecular weight is 260 g/mol. The van der Waals surface area contributed by atoms with Gasteiger partial charge >= 0.3 is 0 Å². The van der Waals surface area contributed by atoms with Crippen LogP contribution in [0.25, 0.3) is 0 Å². The highest BCUT2D eigenvalue weighted by Crippen LogP contribution is 2.37. The molecule has 0 aromatic heterocycles. The smallest absolute Gasteiger partial charge is 0.0176 e. The second-order valence-corrected chi connectivity index (χ2v) is 5.76. The molecule has 0 saturated heterocycles. The number of rotatable bonds is 6. The predicted octanol–water partition coefficient (Wildman–Crippen LogP) is 5.89. The molecule has 0 aromatic carbocycles. The van der Waals surface area contributed by atoms with E-state index >= 15 is 0 Å². The minimum atomic E-state index is 0.227. The lowest BCUT2D eigenvalue weighted by molar-refractivity contribution is 0.121. The van der Waals surface area contributed by atoms with Crippen LogP contribution in [-0.4, -0.2) is 12.1 Å². The van der Waals surface area contributed by atoms with E-state index in [1.165, 1.54) is 12.8 Å². The summed E-state index contributed by atoms with van der Waals surface area (Å²) in [6.07, 6.45) is 2.58. The molecule has 0 fully saturated rings. The average Bonchev–Trinajstić information content (AvgIpc) is 2.33. The van der Waals surface area contributed by atoms with Crippen molar-refractivity contribution < 1.29 is 0 Å². The monoisotopic (exact) mass is 259 g/mol. The highest BCUT2D eigenvalue weighted by molar-refractivity contribution is 4.93. The molecular weight excluding hydrogens is 218 g/mol. The van der Waals surface area contributed by atoms with Gasteiger partial charge in [-0.25, -0.2) is 0 Å². The van der Waals surface area contributed by atoms with Crippen LogP contribution in [0.1, 0.15) is 89.0 Å². The largest absolute Gasteiger partial charge is 0.312 e. The molecule has 1 nitrogen and oxygen atoms in total. The molecule has 1 heteroatoms. The van der Waals surface area contributed by atoms with E-state index < -0.39 is 0 Å². The summed E-state index contributed by atoms with van der Waals surface area (Å²) in [6.45, 7) is 25.3. The Kier molecular flexibility index (Phi) is 15.4. The summed E-state index contributed by atoms with van der Waals surface area (Å²) in [6, 6.07) is 0. The van der Waals surface area contributed by atoms with Crippen LogP contribution in [0.3, 0.4) is 0 Å². The van der Waals surface area contributed by atoms with Crippen molar-refractivity contribution in [2.24, 2.45) is 11.3 Å². The van der Waals surface area contributed by atoms with E-state index in [0.717, 1.165) is 12.5 Å². The normalized spacial score (nSPS) is 12.8. The van der Waals surface area contributed by atoms with Crippen molar-refractivity contribution in [1.29, 1.82) is 0 Å². The van der Waals surface area contributed by atoms with E-state index in [2.05, 4.69) is 53.8 Å². The summed E-state index contributed by atoms with van der Waals surface area (Å²) in [7, 11) is 0. The number of hydrogen-bond acceptors (Lipinski definition) is 1. The summed E-state index contributed by atoms with van der Waals surface area (Å²) >= 11 is 0. The van der Waals surface area contributed by atoms with Crippen molar-refractivity contribution in [1.82, 2.24) is 5.32 Å². The maximum Gasteiger partial charge on any atom is 0.0176 e. The molecule has 0 aliphatic heterocycles. The Bertz CT molecular complexity index is 159. The second kappa shape index (κ2) is 12.0. The molecule has 1 N–H and O–H groups in total. The van der Waals surface area contributed by atoms with Gasteiger partial charge in [-0.05, 0) is 38.1 Å². The predicted molar refractivity (Wildman–Crippen MR) is 88.3 cm³/mol. The van der Waals surface area contributed by atoms with Gasteiger partial charge in [-0.2, -0.15) is 0 Å². The summed E-state index contributed by atoms with van der Waals surface area (Å²) in [5.74, 6) is 0.822. The van der Waals surface area contributed by atoms with Gasteiger partial charge in [-0.1, -0.05) is 68.7 Å². The number of nitrogens with one attached hydrogen (secondary N) is 1. The quantitative estimate of drug-likeness (QED) is 0.627. The third-order valence-corrected chi connectivity index (χ3v) is 3.87. The molecule has 0 radical (unpaired) electrons. The lowest BCUT2D eigenvalue weighted by Gasteiger charge is -2.44. The Labute approximate surface area is 118 Å². The molecule has 0 aromatic rings. The molecule has 0 bridgehead atoms. The lowest BCUT2D eigenvalue weighted by Crippen LogP contribution is -2.51. The Morgan fingerprint density at radius 2 is 1.28 bits per heavy atom. The van der Waals surface area contributed by atoms with Gasteiger partial charge < -0.3 is 5.32 Å². The van der Waals surface area contributed by atoms with Crippen LogP contribution in [0.2, 0.25) is 0 Å². The fourth-order valence-electron chi connectivity index (χ4n) is 1.95. The zero-order valence-corrected chi connectivity index (χ0v) is 15.2.